The Balaban J connectivity index is 2.57. The van der Waals surface area contributed by atoms with E-state index in [1.165, 1.54) is 37.9 Å². The van der Waals surface area contributed by atoms with Crippen LogP contribution >= 0.6 is 0 Å². The third kappa shape index (κ3) is 4.15. The molecule has 94 valence electrons. The van der Waals surface area contributed by atoms with Crippen LogP contribution < -0.4 is 0 Å². The maximum absolute atomic E-state index is 4.86. The molecule has 1 aliphatic carbocycles. The Morgan fingerprint density at radius 2 is 1.69 bits per heavy atom. The van der Waals surface area contributed by atoms with Crippen molar-refractivity contribution in [1.82, 2.24) is 4.90 Å². The highest BCUT2D eigenvalue weighted by Gasteiger charge is 2.21. The second kappa shape index (κ2) is 5.70. The fourth-order valence-corrected chi connectivity index (χ4v) is 2.63. The van der Waals surface area contributed by atoms with Gasteiger partial charge >= 0.3 is 0 Å². The second-order valence-corrected chi connectivity index (χ2v) is 6.31. The van der Waals surface area contributed by atoms with Crippen molar-refractivity contribution >= 4 is 5.84 Å². The standard InChI is InChI=1S/C14H28N2/c1-14(2,3)13(16(4)5)15-11-12-9-7-6-8-10-12/h12H,6-11H2,1-5H3. The predicted octanol–water partition coefficient (Wildman–Crippen LogP) is 3.57. The minimum absolute atomic E-state index is 0.165. The first-order valence-corrected chi connectivity index (χ1v) is 6.63. The molecule has 0 aliphatic heterocycles. The van der Waals surface area contributed by atoms with Gasteiger partial charge in [-0.2, -0.15) is 0 Å². The molecule has 1 rings (SSSR count). The first kappa shape index (κ1) is 13.5. The Labute approximate surface area is 101 Å². The molecule has 0 spiro atoms. The Morgan fingerprint density at radius 1 is 1.12 bits per heavy atom. The highest BCUT2D eigenvalue weighted by Crippen LogP contribution is 2.25. The van der Waals surface area contributed by atoms with Crippen LogP contribution in [0.1, 0.15) is 52.9 Å². The Bertz CT molecular complexity index is 230. The van der Waals surface area contributed by atoms with Crippen molar-refractivity contribution < 1.29 is 0 Å². The van der Waals surface area contributed by atoms with Crippen LogP contribution in [0.4, 0.5) is 0 Å². The van der Waals surface area contributed by atoms with Crippen molar-refractivity contribution in [3.05, 3.63) is 0 Å². The van der Waals surface area contributed by atoms with Gasteiger partial charge in [0, 0.05) is 26.1 Å². The smallest absolute Gasteiger partial charge is 0.104 e. The number of amidine groups is 1. The number of rotatable bonds is 2. The second-order valence-electron chi connectivity index (χ2n) is 6.31. The summed E-state index contributed by atoms with van der Waals surface area (Å²) in [5.41, 5.74) is 0.165. The Kier molecular flexibility index (Phi) is 4.82. The molecule has 1 saturated carbocycles. The highest BCUT2D eigenvalue weighted by molar-refractivity contribution is 5.86. The molecule has 1 fully saturated rings. The topological polar surface area (TPSA) is 15.6 Å². The molecule has 1 aliphatic rings. The van der Waals surface area contributed by atoms with E-state index in [1.54, 1.807) is 0 Å². The van der Waals surface area contributed by atoms with E-state index in [0.717, 1.165) is 12.5 Å². The molecule has 0 unspecified atom stereocenters. The summed E-state index contributed by atoms with van der Waals surface area (Å²) in [7, 11) is 4.20. The lowest BCUT2D eigenvalue weighted by molar-refractivity contribution is 0.363. The third-order valence-electron chi connectivity index (χ3n) is 3.32. The number of aliphatic imine (C=N–C) groups is 1. The highest BCUT2D eigenvalue weighted by atomic mass is 15.1. The van der Waals surface area contributed by atoms with E-state index in [-0.39, 0.29) is 5.41 Å². The molecule has 0 bridgehead atoms. The fraction of sp³-hybridized carbons (Fsp3) is 0.929. The van der Waals surface area contributed by atoms with Gasteiger partial charge in [-0.15, -0.1) is 0 Å². The van der Waals surface area contributed by atoms with Gasteiger partial charge in [0.25, 0.3) is 0 Å². The first-order chi connectivity index (χ1) is 7.41. The summed E-state index contributed by atoms with van der Waals surface area (Å²) in [6.45, 7) is 7.76. The molecule has 0 atom stereocenters. The summed E-state index contributed by atoms with van der Waals surface area (Å²) in [4.78, 5) is 7.03. The number of nitrogens with zero attached hydrogens (tertiary/aromatic N) is 2. The molecule has 0 saturated heterocycles. The predicted molar refractivity (Wildman–Crippen MR) is 72.0 cm³/mol. The largest absolute Gasteiger partial charge is 0.366 e. The van der Waals surface area contributed by atoms with Gasteiger partial charge in [0.1, 0.15) is 5.84 Å². The van der Waals surface area contributed by atoms with E-state index in [2.05, 4.69) is 39.8 Å². The number of hydrogen-bond acceptors (Lipinski definition) is 1. The van der Waals surface area contributed by atoms with Crippen molar-refractivity contribution in [2.75, 3.05) is 20.6 Å². The number of hydrogen-bond donors (Lipinski definition) is 0. The zero-order chi connectivity index (χ0) is 12.2. The quantitative estimate of drug-likeness (QED) is 0.517. The minimum atomic E-state index is 0.165. The van der Waals surface area contributed by atoms with Gasteiger partial charge in [-0.25, -0.2) is 0 Å². The fourth-order valence-electron chi connectivity index (χ4n) is 2.63. The molecule has 0 heterocycles. The zero-order valence-electron chi connectivity index (χ0n) is 11.7. The molecule has 0 aromatic carbocycles. The molecule has 0 aromatic heterocycles. The van der Waals surface area contributed by atoms with Gasteiger partial charge in [0.15, 0.2) is 0 Å². The lowest BCUT2D eigenvalue weighted by Crippen LogP contribution is -2.34. The van der Waals surface area contributed by atoms with Gasteiger partial charge in [-0.05, 0) is 18.8 Å². The molecular weight excluding hydrogens is 196 g/mol. The summed E-state index contributed by atoms with van der Waals surface area (Å²) in [5, 5.41) is 0. The van der Waals surface area contributed by atoms with Crippen LogP contribution in [0.3, 0.4) is 0 Å². The molecule has 2 heteroatoms. The van der Waals surface area contributed by atoms with Crippen molar-refractivity contribution in [3.8, 4) is 0 Å². The first-order valence-electron chi connectivity index (χ1n) is 6.63. The lowest BCUT2D eigenvalue weighted by Gasteiger charge is -2.29. The summed E-state index contributed by atoms with van der Waals surface area (Å²) in [5.74, 6) is 2.07. The van der Waals surface area contributed by atoms with Crippen molar-refractivity contribution in [3.63, 3.8) is 0 Å². The van der Waals surface area contributed by atoms with Crippen LogP contribution in [0, 0.1) is 11.3 Å². The van der Waals surface area contributed by atoms with E-state index in [1.807, 2.05) is 0 Å². The normalized spacial score (nSPS) is 19.9. The molecule has 0 amide bonds. The average Bonchev–Trinajstić information content (AvgIpc) is 2.17. The van der Waals surface area contributed by atoms with Crippen LogP contribution in [-0.4, -0.2) is 31.4 Å². The van der Waals surface area contributed by atoms with E-state index < -0.39 is 0 Å². The van der Waals surface area contributed by atoms with Crippen LogP contribution in [-0.2, 0) is 0 Å². The Morgan fingerprint density at radius 3 is 2.12 bits per heavy atom. The van der Waals surface area contributed by atoms with Crippen LogP contribution in [0.25, 0.3) is 0 Å². The summed E-state index contributed by atoms with van der Waals surface area (Å²) < 4.78 is 0. The summed E-state index contributed by atoms with van der Waals surface area (Å²) in [6.07, 6.45) is 7.02. The van der Waals surface area contributed by atoms with Crippen molar-refractivity contribution in [2.24, 2.45) is 16.3 Å². The van der Waals surface area contributed by atoms with Crippen LogP contribution in [0.2, 0.25) is 0 Å². The molecular formula is C14H28N2. The Hall–Kier alpha value is -0.530. The summed E-state index contributed by atoms with van der Waals surface area (Å²) in [6, 6.07) is 0. The van der Waals surface area contributed by atoms with Crippen LogP contribution in [0.15, 0.2) is 4.99 Å². The maximum Gasteiger partial charge on any atom is 0.104 e. The monoisotopic (exact) mass is 224 g/mol. The zero-order valence-corrected chi connectivity index (χ0v) is 11.7. The van der Waals surface area contributed by atoms with Crippen molar-refractivity contribution in [2.45, 2.75) is 52.9 Å². The van der Waals surface area contributed by atoms with Gasteiger partial charge in [-0.1, -0.05) is 40.0 Å². The minimum Gasteiger partial charge on any atom is -0.366 e. The van der Waals surface area contributed by atoms with E-state index in [0.29, 0.717) is 0 Å². The SMILES string of the molecule is CN(C)C(=NCC1CCCCC1)C(C)(C)C. The molecule has 16 heavy (non-hydrogen) atoms. The third-order valence-corrected chi connectivity index (χ3v) is 3.32. The van der Waals surface area contributed by atoms with E-state index in [9.17, 15) is 0 Å². The van der Waals surface area contributed by atoms with E-state index >= 15 is 0 Å². The molecule has 0 aromatic rings. The van der Waals surface area contributed by atoms with Gasteiger partial charge in [-0.3, -0.25) is 4.99 Å². The van der Waals surface area contributed by atoms with E-state index in [4.69, 9.17) is 4.99 Å². The molecule has 0 radical (unpaired) electrons. The summed E-state index contributed by atoms with van der Waals surface area (Å²) >= 11 is 0. The van der Waals surface area contributed by atoms with Gasteiger partial charge < -0.3 is 4.90 Å². The molecule has 2 nitrogen and oxygen atoms in total. The van der Waals surface area contributed by atoms with Gasteiger partial charge in [0.2, 0.25) is 0 Å². The van der Waals surface area contributed by atoms with Gasteiger partial charge in [0.05, 0.1) is 0 Å². The van der Waals surface area contributed by atoms with Crippen LogP contribution in [0.5, 0.6) is 0 Å². The lowest BCUT2D eigenvalue weighted by atomic mass is 9.89. The molecule has 0 N–H and O–H groups in total. The average molecular weight is 224 g/mol. The van der Waals surface area contributed by atoms with Crippen molar-refractivity contribution in [1.29, 1.82) is 0 Å². The maximum atomic E-state index is 4.86.